The van der Waals surface area contributed by atoms with Gasteiger partial charge in [-0.1, -0.05) is 0 Å². The zero-order chi connectivity index (χ0) is 19.6. The van der Waals surface area contributed by atoms with Crippen LogP contribution in [0.3, 0.4) is 0 Å². The van der Waals surface area contributed by atoms with Crippen molar-refractivity contribution in [2.24, 2.45) is 13.0 Å². The molecule has 0 radical (unpaired) electrons. The van der Waals surface area contributed by atoms with Gasteiger partial charge in [0.2, 0.25) is 0 Å². The molecule has 3 rings (SSSR count). The van der Waals surface area contributed by atoms with E-state index in [1.54, 1.807) is 24.1 Å². The van der Waals surface area contributed by atoms with Crippen molar-refractivity contribution in [3.8, 4) is 17.1 Å². The van der Waals surface area contributed by atoms with Crippen molar-refractivity contribution in [1.82, 2.24) is 19.7 Å². The summed E-state index contributed by atoms with van der Waals surface area (Å²) in [4.78, 5) is 21.1. The first-order chi connectivity index (χ1) is 12.8. The zero-order valence-electron chi connectivity index (χ0n) is 16.3. The topological polar surface area (TPSA) is 105 Å². The van der Waals surface area contributed by atoms with E-state index in [1.165, 1.54) is 0 Å². The minimum absolute atomic E-state index is 0.0416. The van der Waals surface area contributed by atoms with Crippen LogP contribution >= 0.6 is 0 Å². The van der Waals surface area contributed by atoms with Crippen molar-refractivity contribution in [3.63, 3.8) is 0 Å². The number of esters is 1. The van der Waals surface area contributed by atoms with Crippen molar-refractivity contribution in [3.05, 3.63) is 18.1 Å². The second-order valence-electron chi connectivity index (χ2n) is 7.30. The van der Waals surface area contributed by atoms with E-state index in [9.17, 15) is 4.79 Å². The van der Waals surface area contributed by atoms with E-state index in [1.807, 2.05) is 20.8 Å². The van der Waals surface area contributed by atoms with Gasteiger partial charge in [0.1, 0.15) is 5.82 Å². The van der Waals surface area contributed by atoms with Crippen LogP contribution in [0.1, 0.15) is 45.2 Å². The van der Waals surface area contributed by atoms with Gasteiger partial charge in [-0.3, -0.25) is 9.48 Å². The van der Waals surface area contributed by atoms with Gasteiger partial charge in [-0.05, 0) is 46.5 Å². The molecule has 8 nitrogen and oxygen atoms in total. The van der Waals surface area contributed by atoms with Gasteiger partial charge in [0.05, 0.1) is 41.8 Å². The fourth-order valence-electron chi connectivity index (χ4n) is 3.29. The van der Waals surface area contributed by atoms with Crippen LogP contribution in [-0.4, -0.2) is 37.9 Å². The van der Waals surface area contributed by atoms with Gasteiger partial charge in [0, 0.05) is 7.05 Å². The van der Waals surface area contributed by atoms with Crippen molar-refractivity contribution >= 4 is 11.8 Å². The van der Waals surface area contributed by atoms with Gasteiger partial charge in [0.25, 0.3) is 0 Å². The molecule has 0 aliphatic heterocycles. The molecule has 2 aromatic heterocycles. The van der Waals surface area contributed by atoms with E-state index in [0.29, 0.717) is 29.4 Å². The number of anilines is 1. The summed E-state index contributed by atoms with van der Waals surface area (Å²) >= 11 is 0. The van der Waals surface area contributed by atoms with E-state index < -0.39 is 0 Å². The Bertz CT molecular complexity index is 818. The van der Waals surface area contributed by atoms with Crippen LogP contribution in [-0.2, 0) is 16.6 Å². The molecule has 27 heavy (non-hydrogen) atoms. The second kappa shape index (κ2) is 7.94. The Morgan fingerprint density at radius 2 is 2.11 bits per heavy atom. The highest BCUT2D eigenvalue weighted by molar-refractivity contribution is 5.72. The molecule has 1 aliphatic rings. The van der Waals surface area contributed by atoms with E-state index in [2.05, 4.69) is 15.1 Å². The van der Waals surface area contributed by atoms with Crippen LogP contribution in [0.25, 0.3) is 11.4 Å². The number of hydrogen-bond acceptors (Lipinski definition) is 7. The standard InChI is InChI=1S/C19H27N5O3/c1-11(2)26-19(25)13-6-5-7-14(8-13)27-16-10-21-18(23-12(16)3)15-9-22-24(4)17(15)20/h9-11,13-14H,5-8,20H2,1-4H3/t13?,14-/m0/s1. The SMILES string of the molecule is Cc1nc(-c2cnn(C)c2N)ncc1O[C@H]1CCCC(C(=O)OC(C)C)C1. The first kappa shape index (κ1) is 19.1. The van der Waals surface area contributed by atoms with E-state index >= 15 is 0 Å². The quantitative estimate of drug-likeness (QED) is 0.803. The molecule has 2 N–H and O–H groups in total. The molecule has 1 saturated carbocycles. The predicted molar refractivity (Wildman–Crippen MR) is 101 cm³/mol. The molecule has 2 aromatic rings. The van der Waals surface area contributed by atoms with Crippen molar-refractivity contribution in [2.45, 2.75) is 58.7 Å². The van der Waals surface area contributed by atoms with Crippen molar-refractivity contribution in [2.75, 3.05) is 5.73 Å². The third-order valence-electron chi connectivity index (χ3n) is 4.76. The normalized spacial score (nSPS) is 19.9. The fraction of sp³-hybridized carbons (Fsp3) is 0.579. The van der Waals surface area contributed by atoms with Crippen LogP contribution in [0.5, 0.6) is 5.75 Å². The lowest BCUT2D eigenvalue weighted by Crippen LogP contribution is -2.32. The van der Waals surface area contributed by atoms with Crippen LogP contribution in [0, 0.1) is 12.8 Å². The molecule has 0 bridgehead atoms. The Hall–Kier alpha value is -2.64. The van der Waals surface area contributed by atoms with E-state index in [4.69, 9.17) is 15.2 Å². The van der Waals surface area contributed by atoms with Crippen LogP contribution < -0.4 is 10.5 Å². The Morgan fingerprint density at radius 1 is 1.33 bits per heavy atom. The Labute approximate surface area is 159 Å². The molecule has 0 amide bonds. The largest absolute Gasteiger partial charge is 0.487 e. The highest BCUT2D eigenvalue weighted by Gasteiger charge is 2.30. The first-order valence-electron chi connectivity index (χ1n) is 9.33. The first-order valence-corrected chi connectivity index (χ1v) is 9.33. The Balaban J connectivity index is 1.68. The maximum Gasteiger partial charge on any atom is 0.309 e. The molecule has 1 aliphatic carbocycles. The van der Waals surface area contributed by atoms with Gasteiger partial charge < -0.3 is 15.2 Å². The highest BCUT2D eigenvalue weighted by Crippen LogP contribution is 2.30. The van der Waals surface area contributed by atoms with Crippen LogP contribution in [0.2, 0.25) is 0 Å². The van der Waals surface area contributed by atoms with E-state index in [0.717, 1.165) is 25.0 Å². The molecular formula is C19H27N5O3. The lowest BCUT2D eigenvalue weighted by Gasteiger charge is -2.29. The Morgan fingerprint density at radius 3 is 2.74 bits per heavy atom. The summed E-state index contributed by atoms with van der Waals surface area (Å²) in [5.74, 6) is 1.42. The number of carbonyl (C=O) groups is 1. The molecule has 2 atom stereocenters. The van der Waals surface area contributed by atoms with Crippen LogP contribution in [0.4, 0.5) is 5.82 Å². The van der Waals surface area contributed by atoms with Gasteiger partial charge in [-0.2, -0.15) is 5.10 Å². The number of aromatic nitrogens is 4. The average Bonchev–Trinajstić information content (AvgIpc) is 2.95. The minimum atomic E-state index is -0.131. The van der Waals surface area contributed by atoms with Gasteiger partial charge >= 0.3 is 5.97 Å². The lowest BCUT2D eigenvalue weighted by molar-refractivity contribution is -0.154. The lowest BCUT2D eigenvalue weighted by atomic mass is 9.87. The summed E-state index contributed by atoms with van der Waals surface area (Å²) in [5.41, 5.74) is 7.42. The number of rotatable bonds is 5. The predicted octanol–water partition coefficient (Wildman–Crippen LogP) is 2.66. The average molecular weight is 373 g/mol. The van der Waals surface area contributed by atoms with Gasteiger partial charge in [0.15, 0.2) is 11.6 Å². The molecular weight excluding hydrogens is 346 g/mol. The maximum atomic E-state index is 12.2. The van der Waals surface area contributed by atoms with Gasteiger partial charge in [-0.25, -0.2) is 9.97 Å². The smallest absolute Gasteiger partial charge is 0.309 e. The fourth-order valence-corrected chi connectivity index (χ4v) is 3.29. The monoisotopic (exact) mass is 373 g/mol. The van der Waals surface area contributed by atoms with Crippen molar-refractivity contribution < 1.29 is 14.3 Å². The number of nitrogens with zero attached hydrogens (tertiary/aromatic N) is 4. The van der Waals surface area contributed by atoms with Crippen LogP contribution in [0.15, 0.2) is 12.4 Å². The van der Waals surface area contributed by atoms with Crippen molar-refractivity contribution in [1.29, 1.82) is 0 Å². The summed E-state index contributed by atoms with van der Waals surface area (Å²) in [6.07, 6.45) is 6.52. The maximum absolute atomic E-state index is 12.2. The van der Waals surface area contributed by atoms with E-state index in [-0.39, 0.29) is 24.1 Å². The number of hydrogen-bond donors (Lipinski definition) is 1. The number of nitrogen functional groups attached to an aromatic ring is 1. The van der Waals surface area contributed by atoms with Gasteiger partial charge in [-0.15, -0.1) is 0 Å². The number of ether oxygens (including phenoxy) is 2. The summed E-state index contributed by atoms with van der Waals surface area (Å²) < 4.78 is 13.0. The second-order valence-corrected chi connectivity index (χ2v) is 7.30. The molecule has 1 fully saturated rings. The molecule has 2 heterocycles. The summed E-state index contributed by atoms with van der Waals surface area (Å²) in [5, 5.41) is 4.12. The number of nitrogens with two attached hydrogens (primary N) is 1. The molecule has 0 spiro atoms. The Kier molecular flexibility index (Phi) is 5.62. The number of carbonyl (C=O) groups excluding carboxylic acids is 1. The number of aryl methyl sites for hydroxylation is 2. The third kappa shape index (κ3) is 4.37. The summed E-state index contributed by atoms with van der Waals surface area (Å²) in [6, 6.07) is 0. The minimum Gasteiger partial charge on any atom is -0.487 e. The zero-order valence-corrected chi connectivity index (χ0v) is 16.3. The summed E-state index contributed by atoms with van der Waals surface area (Å²) in [7, 11) is 1.77. The summed E-state index contributed by atoms with van der Waals surface area (Å²) in [6.45, 7) is 5.61. The molecule has 0 aromatic carbocycles. The molecule has 0 saturated heterocycles. The molecule has 8 heteroatoms. The highest BCUT2D eigenvalue weighted by atomic mass is 16.5. The molecule has 1 unspecified atom stereocenters. The third-order valence-corrected chi connectivity index (χ3v) is 4.76. The molecule has 146 valence electrons.